The molecular formula is C24H30N2O3. The molecule has 2 aromatic carbocycles. The number of carbonyl (C=O) groups excluding carboxylic acids is 1. The summed E-state index contributed by atoms with van der Waals surface area (Å²) in [4.78, 5) is 13.6. The van der Waals surface area contributed by atoms with Crippen molar-refractivity contribution in [1.82, 2.24) is 5.32 Å². The van der Waals surface area contributed by atoms with Crippen LogP contribution in [0.15, 0.2) is 42.5 Å². The Morgan fingerprint density at radius 3 is 2.72 bits per heavy atom. The maximum Gasteiger partial charge on any atom is 0.217 e. The number of amides is 1. The zero-order chi connectivity index (χ0) is 20.6. The molecule has 154 valence electrons. The summed E-state index contributed by atoms with van der Waals surface area (Å²) in [5.41, 5.74) is 3.68. The lowest BCUT2D eigenvalue weighted by atomic mass is 9.87. The number of benzene rings is 2. The molecule has 1 amide bonds. The first-order valence-electron chi connectivity index (χ1n) is 10.4. The van der Waals surface area contributed by atoms with Gasteiger partial charge in [-0.05, 0) is 42.8 Å². The van der Waals surface area contributed by atoms with Gasteiger partial charge in [0.2, 0.25) is 5.91 Å². The van der Waals surface area contributed by atoms with Gasteiger partial charge >= 0.3 is 0 Å². The van der Waals surface area contributed by atoms with Gasteiger partial charge in [0.1, 0.15) is 17.6 Å². The van der Waals surface area contributed by atoms with Gasteiger partial charge in [-0.25, -0.2) is 0 Å². The van der Waals surface area contributed by atoms with Crippen LogP contribution >= 0.6 is 0 Å². The maximum absolute atomic E-state index is 11.2. The highest BCUT2D eigenvalue weighted by atomic mass is 16.5. The molecule has 1 N–H and O–H groups in total. The summed E-state index contributed by atoms with van der Waals surface area (Å²) in [6.45, 7) is 10.6. The zero-order valence-corrected chi connectivity index (χ0v) is 17.7. The fourth-order valence-electron chi connectivity index (χ4n) is 4.18. The number of anilines is 1. The lowest BCUT2D eigenvalue weighted by molar-refractivity contribution is -0.119. The SMILES string of the molecule is CC(=O)NC(C)c1ccc(OC2CCN(c3ccc4c(c3)C(C)(C)CO4)C2)cc1. The number of rotatable bonds is 5. The predicted octanol–water partition coefficient (Wildman–Crippen LogP) is 4.21. The predicted molar refractivity (Wildman–Crippen MR) is 115 cm³/mol. The van der Waals surface area contributed by atoms with E-state index in [4.69, 9.17) is 9.47 Å². The molecule has 1 saturated heterocycles. The summed E-state index contributed by atoms with van der Waals surface area (Å²) in [6, 6.07) is 14.6. The average Bonchev–Trinajstić information content (AvgIpc) is 3.26. The van der Waals surface area contributed by atoms with E-state index in [2.05, 4.69) is 42.3 Å². The Balaban J connectivity index is 1.38. The Kier molecular flexibility index (Phi) is 5.15. The molecule has 5 nitrogen and oxygen atoms in total. The van der Waals surface area contributed by atoms with E-state index in [1.165, 1.54) is 18.2 Å². The van der Waals surface area contributed by atoms with Gasteiger partial charge in [0.05, 0.1) is 19.2 Å². The molecule has 2 heterocycles. The number of carbonyl (C=O) groups is 1. The Morgan fingerprint density at radius 1 is 1.24 bits per heavy atom. The van der Waals surface area contributed by atoms with Gasteiger partial charge < -0.3 is 19.7 Å². The molecule has 0 spiro atoms. The average molecular weight is 395 g/mol. The van der Waals surface area contributed by atoms with Crippen LogP contribution < -0.4 is 19.7 Å². The van der Waals surface area contributed by atoms with E-state index < -0.39 is 0 Å². The normalized spacial score (nSPS) is 20.7. The number of ether oxygens (including phenoxy) is 2. The van der Waals surface area contributed by atoms with Crippen molar-refractivity contribution in [3.8, 4) is 11.5 Å². The van der Waals surface area contributed by atoms with Crippen LogP contribution in [0.2, 0.25) is 0 Å². The van der Waals surface area contributed by atoms with Crippen molar-refractivity contribution < 1.29 is 14.3 Å². The quantitative estimate of drug-likeness (QED) is 0.825. The molecule has 2 aliphatic heterocycles. The molecule has 2 atom stereocenters. The molecule has 29 heavy (non-hydrogen) atoms. The van der Waals surface area contributed by atoms with E-state index in [0.717, 1.165) is 43.2 Å². The molecule has 0 aromatic heterocycles. The summed E-state index contributed by atoms with van der Waals surface area (Å²) >= 11 is 0. The van der Waals surface area contributed by atoms with Crippen LogP contribution in [-0.2, 0) is 10.2 Å². The van der Waals surface area contributed by atoms with Crippen LogP contribution in [0.1, 0.15) is 51.3 Å². The molecule has 2 aromatic rings. The standard InChI is InChI=1S/C24H30N2O3/c1-16(25-17(2)27)18-5-8-20(9-6-18)29-21-11-12-26(14-21)19-7-10-23-22(13-19)24(3,4)15-28-23/h5-10,13,16,21H,11-12,14-15H2,1-4H3,(H,25,27). The van der Waals surface area contributed by atoms with Crippen molar-refractivity contribution >= 4 is 11.6 Å². The van der Waals surface area contributed by atoms with Gasteiger partial charge in [0, 0.05) is 36.6 Å². The fraction of sp³-hybridized carbons (Fsp3) is 0.458. The maximum atomic E-state index is 11.2. The van der Waals surface area contributed by atoms with Crippen LogP contribution in [0.5, 0.6) is 11.5 Å². The Labute approximate surface area is 173 Å². The fourth-order valence-corrected chi connectivity index (χ4v) is 4.18. The summed E-state index contributed by atoms with van der Waals surface area (Å²) in [5.74, 6) is 1.86. The number of fused-ring (bicyclic) bond motifs is 1. The van der Waals surface area contributed by atoms with E-state index >= 15 is 0 Å². The van der Waals surface area contributed by atoms with Crippen LogP contribution in [0.3, 0.4) is 0 Å². The second-order valence-corrected chi connectivity index (χ2v) is 8.82. The molecule has 2 unspecified atom stereocenters. The smallest absolute Gasteiger partial charge is 0.217 e. The van der Waals surface area contributed by atoms with Gasteiger partial charge in [0.15, 0.2) is 0 Å². The molecule has 1 fully saturated rings. The van der Waals surface area contributed by atoms with E-state index in [9.17, 15) is 4.79 Å². The van der Waals surface area contributed by atoms with Crippen LogP contribution in [0, 0.1) is 0 Å². The third kappa shape index (κ3) is 4.19. The Morgan fingerprint density at radius 2 is 2.00 bits per heavy atom. The number of hydrogen-bond donors (Lipinski definition) is 1. The second kappa shape index (κ2) is 7.62. The molecule has 2 aliphatic rings. The highest BCUT2D eigenvalue weighted by Gasteiger charge is 2.33. The van der Waals surface area contributed by atoms with Crippen molar-refractivity contribution in [2.24, 2.45) is 0 Å². The van der Waals surface area contributed by atoms with Crippen LogP contribution in [0.25, 0.3) is 0 Å². The van der Waals surface area contributed by atoms with Gasteiger partial charge in [-0.15, -0.1) is 0 Å². The molecular weight excluding hydrogens is 364 g/mol. The lowest BCUT2D eigenvalue weighted by Gasteiger charge is -2.22. The molecule has 5 heteroatoms. The molecule has 0 bridgehead atoms. The number of nitrogens with zero attached hydrogens (tertiary/aromatic N) is 1. The minimum absolute atomic E-state index is 0.00318. The molecule has 4 rings (SSSR count). The summed E-state index contributed by atoms with van der Waals surface area (Å²) in [6.07, 6.45) is 1.17. The van der Waals surface area contributed by atoms with E-state index in [1.807, 2.05) is 31.2 Å². The van der Waals surface area contributed by atoms with Gasteiger partial charge in [-0.2, -0.15) is 0 Å². The minimum atomic E-state index is -0.0228. The van der Waals surface area contributed by atoms with Crippen molar-refractivity contribution in [3.63, 3.8) is 0 Å². The largest absolute Gasteiger partial charge is 0.492 e. The first-order chi connectivity index (χ1) is 13.8. The summed E-state index contributed by atoms with van der Waals surface area (Å²) in [5, 5.41) is 2.90. The third-order valence-corrected chi connectivity index (χ3v) is 5.89. The van der Waals surface area contributed by atoms with Gasteiger partial charge in [-0.1, -0.05) is 26.0 Å². The van der Waals surface area contributed by atoms with Gasteiger partial charge in [0.25, 0.3) is 0 Å². The number of hydrogen-bond acceptors (Lipinski definition) is 4. The van der Waals surface area contributed by atoms with Crippen LogP contribution in [0.4, 0.5) is 5.69 Å². The first kappa shape index (κ1) is 19.6. The summed E-state index contributed by atoms with van der Waals surface area (Å²) in [7, 11) is 0. The second-order valence-electron chi connectivity index (χ2n) is 8.82. The Bertz CT molecular complexity index is 891. The van der Waals surface area contributed by atoms with Crippen molar-refractivity contribution in [2.45, 2.75) is 51.7 Å². The highest BCUT2D eigenvalue weighted by molar-refractivity contribution is 5.73. The first-order valence-corrected chi connectivity index (χ1v) is 10.4. The van der Waals surface area contributed by atoms with Crippen molar-refractivity contribution in [1.29, 1.82) is 0 Å². The highest BCUT2D eigenvalue weighted by Crippen LogP contribution is 2.40. The summed E-state index contributed by atoms with van der Waals surface area (Å²) < 4.78 is 12.0. The number of nitrogens with one attached hydrogen (secondary N) is 1. The van der Waals surface area contributed by atoms with E-state index in [0.29, 0.717) is 0 Å². The third-order valence-electron chi connectivity index (χ3n) is 5.89. The van der Waals surface area contributed by atoms with E-state index in [1.54, 1.807) is 0 Å². The van der Waals surface area contributed by atoms with Gasteiger partial charge in [-0.3, -0.25) is 4.79 Å². The van der Waals surface area contributed by atoms with Crippen LogP contribution in [-0.4, -0.2) is 31.7 Å². The molecule has 0 aliphatic carbocycles. The van der Waals surface area contributed by atoms with Crippen molar-refractivity contribution in [2.75, 3.05) is 24.6 Å². The molecule has 0 saturated carbocycles. The van der Waals surface area contributed by atoms with E-state index in [-0.39, 0.29) is 23.5 Å². The molecule has 0 radical (unpaired) electrons. The Hall–Kier alpha value is -2.69. The zero-order valence-electron chi connectivity index (χ0n) is 17.7. The topological polar surface area (TPSA) is 50.8 Å². The minimum Gasteiger partial charge on any atom is -0.492 e. The monoisotopic (exact) mass is 394 g/mol. The van der Waals surface area contributed by atoms with Crippen molar-refractivity contribution in [3.05, 3.63) is 53.6 Å². The lowest BCUT2D eigenvalue weighted by Crippen LogP contribution is -2.25.